The van der Waals surface area contributed by atoms with Crippen molar-refractivity contribution in [2.75, 3.05) is 19.8 Å². The second-order valence-electron chi connectivity index (χ2n) is 4.88. The molecule has 1 aliphatic rings. The summed E-state index contributed by atoms with van der Waals surface area (Å²) in [6, 6.07) is 8.67. The highest BCUT2D eigenvalue weighted by atomic mass is 32.1. The van der Waals surface area contributed by atoms with E-state index in [1.165, 1.54) is 16.0 Å². The van der Waals surface area contributed by atoms with Crippen molar-refractivity contribution < 1.29 is 9.47 Å². The molecule has 0 bridgehead atoms. The van der Waals surface area contributed by atoms with Gasteiger partial charge in [-0.25, -0.2) is 0 Å². The third-order valence-corrected chi connectivity index (χ3v) is 4.27. The molecule has 2 heterocycles. The summed E-state index contributed by atoms with van der Waals surface area (Å²) in [4.78, 5) is 1.33. The Morgan fingerprint density at radius 2 is 1.95 bits per heavy atom. The Balaban J connectivity index is 1.95. The molecule has 1 unspecified atom stereocenters. The van der Waals surface area contributed by atoms with Crippen LogP contribution in [0, 0.1) is 6.92 Å². The van der Waals surface area contributed by atoms with Crippen LogP contribution in [0.2, 0.25) is 0 Å². The first-order valence-electron chi connectivity index (χ1n) is 6.96. The van der Waals surface area contributed by atoms with Crippen LogP contribution < -0.4 is 14.8 Å². The Kier molecular flexibility index (Phi) is 3.94. The van der Waals surface area contributed by atoms with E-state index < -0.39 is 0 Å². The fourth-order valence-corrected chi connectivity index (χ4v) is 3.22. The number of thiophene rings is 1. The van der Waals surface area contributed by atoms with Gasteiger partial charge < -0.3 is 14.8 Å². The summed E-state index contributed by atoms with van der Waals surface area (Å²) in [6.07, 6.45) is 0. The van der Waals surface area contributed by atoms with Crippen LogP contribution in [-0.4, -0.2) is 19.8 Å². The Bertz CT molecular complexity index is 594. The molecule has 2 aromatic rings. The third kappa shape index (κ3) is 2.67. The van der Waals surface area contributed by atoms with Crippen LogP contribution >= 0.6 is 11.3 Å². The van der Waals surface area contributed by atoms with Gasteiger partial charge in [0.2, 0.25) is 0 Å². The number of nitrogens with one attached hydrogen (secondary N) is 1. The van der Waals surface area contributed by atoms with E-state index in [1.807, 2.05) is 6.07 Å². The summed E-state index contributed by atoms with van der Waals surface area (Å²) in [5, 5.41) is 5.77. The summed E-state index contributed by atoms with van der Waals surface area (Å²) in [7, 11) is 0. The molecular formula is C16H19NO2S. The van der Waals surface area contributed by atoms with E-state index in [-0.39, 0.29) is 6.04 Å². The van der Waals surface area contributed by atoms with Crippen LogP contribution in [0.25, 0.3) is 0 Å². The van der Waals surface area contributed by atoms with E-state index in [9.17, 15) is 0 Å². The summed E-state index contributed by atoms with van der Waals surface area (Å²) in [5.41, 5.74) is 2.53. The van der Waals surface area contributed by atoms with Crippen molar-refractivity contribution in [3.63, 3.8) is 0 Å². The molecule has 0 amide bonds. The number of hydrogen-bond donors (Lipinski definition) is 1. The fourth-order valence-electron chi connectivity index (χ4n) is 2.49. The Morgan fingerprint density at radius 3 is 2.65 bits per heavy atom. The lowest BCUT2D eigenvalue weighted by Gasteiger charge is -2.22. The predicted octanol–water partition coefficient (Wildman–Crippen LogP) is 3.53. The first-order valence-corrected chi connectivity index (χ1v) is 7.84. The maximum absolute atomic E-state index is 5.68. The summed E-state index contributed by atoms with van der Waals surface area (Å²) in [5.74, 6) is 1.69. The van der Waals surface area contributed by atoms with Crippen LogP contribution in [-0.2, 0) is 0 Å². The predicted molar refractivity (Wildman–Crippen MR) is 82.0 cm³/mol. The van der Waals surface area contributed by atoms with Gasteiger partial charge in [0.25, 0.3) is 0 Å². The molecule has 4 heteroatoms. The highest BCUT2D eigenvalue weighted by molar-refractivity contribution is 7.10. The van der Waals surface area contributed by atoms with Crippen LogP contribution in [0.3, 0.4) is 0 Å². The second kappa shape index (κ2) is 5.85. The average Bonchev–Trinajstić information content (AvgIpc) is 2.90. The van der Waals surface area contributed by atoms with Crippen molar-refractivity contribution in [2.45, 2.75) is 19.9 Å². The standard InChI is InChI=1S/C16H19NO2S/c1-3-17-16(13-8-11(2)20-10-13)12-4-5-14-15(9-12)19-7-6-18-14/h4-5,8-10,16-17H,3,6-7H2,1-2H3. The molecule has 0 saturated carbocycles. The van der Waals surface area contributed by atoms with Gasteiger partial charge in [-0.1, -0.05) is 13.0 Å². The minimum atomic E-state index is 0.209. The first kappa shape index (κ1) is 13.5. The van der Waals surface area contributed by atoms with Gasteiger partial charge >= 0.3 is 0 Å². The zero-order valence-corrected chi connectivity index (χ0v) is 12.6. The molecular weight excluding hydrogens is 270 g/mol. The number of rotatable bonds is 4. The van der Waals surface area contributed by atoms with Gasteiger partial charge in [0, 0.05) is 4.88 Å². The van der Waals surface area contributed by atoms with Crippen molar-refractivity contribution in [3.8, 4) is 11.5 Å². The van der Waals surface area contributed by atoms with Crippen LogP contribution in [0.1, 0.15) is 29.0 Å². The van der Waals surface area contributed by atoms with E-state index >= 15 is 0 Å². The topological polar surface area (TPSA) is 30.5 Å². The molecule has 1 aliphatic heterocycles. The van der Waals surface area contributed by atoms with Gasteiger partial charge in [0.05, 0.1) is 6.04 Å². The molecule has 3 rings (SSSR count). The Morgan fingerprint density at radius 1 is 1.15 bits per heavy atom. The smallest absolute Gasteiger partial charge is 0.161 e. The van der Waals surface area contributed by atoms with Gasteiger partial charge in [-0.3, -0.25) is 0 Å². The summed E-state index contributed by atoms with van der Waals surface area (Å²) in [6.45, 7) is 6.45. The third-order valence-electron chi connectivity index (χ3n) is 3.39. The first-order chi connectivity index (χ1) is 9.78. The van der Waals surface area contributed by atoms with Crippen LogP contribution in [0.5, 0.6) is 11.5 Å². The maximum atomic E-state index is 5.68. The molecule has 1 aromatic carbocycles. The largest absolute Gasteiger partial charge is 0.486 e. The highest BCUT2D eigenvalue weighted by Crippen LogP contribution is 2.35. The van der Waals surface area contributed by atoms with Crippen molar-refractivity contribution in [1.29, 1.82) is 0 Å². The van der Waals surface area contributed by atoms with Crippen molar-refractivity contribution in [1.82, 2.24) is 5.32 Å². The SMILES string of the molecule is CCNC(c1csc(C)c1)c1ccc2c(c1)OCCO2. The van der Waals surface area contributed by atoms with E-state index in [2.05, 4.69) is 42.7 Å². The summed E-state index contributed by atoms with van der Waals surface area (Å²) >= 11 is 1.79. The fraction of sp³-hybridized carbons (Fsp3) is 0.375. The van der Waals surface area contributed by atoms with Gasteiger partial charge in [0.15, 0.2) is 11.5 Å². The van der Waals surface area contributed by atoms with E-state index in [0.29, 0.717) is 13.2 Å². The quantitative estimate of drug-likeness (QED) is 0.934. The molecule has 1 aromatic heterocycles. The van der Waals surface area contributed by atoms with Crippen LogP contribution in [0.4, 0.5) is 0 Å². The lowest BCUT2D eigenvalue weighted by Crippen LogP contribution is -2.22. The van der Waals surface area contributed by atoms with Gasteiger partial charge in [0.1, 0.15) is 13.2 Å². The molecule has 3 nitrogen and oxygen atoms in total. The minimum absolute atomic E-state index is 0.209. The van der Waals surface area contributed by atoms with Gasteiger partial charge in [-0.05, 0) is 48.2 Å². The number of benzene rings is 1. The lowest BCUT2D eigenvalue weighted by molar-refractivity contribution is 0.171. The Labute approximate surface area is 123 Å². The molecule has 1 N–H and O–H groups in total. The number of hydrogen-bond acceptors (Lipinski definition) is 4. The van der Waals surface area contributed by atoms with Gasteiger partial charge in [-0.15, -0.1) is 11.3 Å². The molecule has 0 radical (unpaired) electrons. The Hall–Kier alpha value is -1.52. The number of aryl methyl sites for hydroxylation is 1. The average molecular weight is 289 g/mol. The van der Waals surface area contributed by atoms with Crippen molar-refractivity contribution >= 4 is 11.3 Å². The van der Waals surface area contributed by atoms with E-state index in [4.69, 9.17) is 9.47 Å². The molecule has 0 fully saturated rings. The molecule has 0 aliphatic carbocycles. The monoisotopic (exact) mass is 289 g/mol. The highest BCUT2D eigenvalue weighted by Gasteiger charge is 2.18. The van der Waals surface area contributed by atoms with E-state index in [1.54, 1.807) is 11.3 Å². The zero-order chi connectivity index (χ0) is 13.9. The zero-order valence-electron chi connectivity index (χ0n) is 11.8. The number of fused-ring (bicyclic) bond motifs is 1. The molecule has 0 spiro atoms. The normalized spacial score (nSPS) is 15.1. The van der Waals surface area contributed by atoms with Crippen LogP contribution in [0.15, 0.2) is 29.6 Å². The van der Waals surface area contributed by atoms with Crippen molar-refractivity contribution in [3.05, 3.63) is 45.6 Å². The molecule has 0 saturated heterocycles. The maximum Gasteiger partial charge on any atom is 0.161 e. The minimum Gasteiger partial charge on any atom is -0.486 e. The molecule has 1 atom stereocenters. The van der Waals surface area contributed by atoms with Gasteiger partial charge in [-0.2, -0.15) is 0 Å². The summed E-state index contributed by atoms with van der Waals surface area (Å²) < 4.78 is 11.3. The van der Waals surface area contributed by atoms with Crippen molar-refractivity contribution in [2.24, 2.45) is 0 Å². The molecule has 106 valence electrons. The van der Waals surface area contributed by atoms with E-state index in [0.717, 1.165) is 18.0 Å². The second-order valence-corrected chi connectivity index (χ2v) is 6.00. The lowest BCUT2D eigenvalue weighted by atomic mass is 10.00. The number of ether oxygens (including phenoxy) is 2. The molecule has 20 heavy (non-hydrogen) atoms.